The van der Waals surface area contributed by atoms with E-state index in [0.29, 0.717) is 5.28 Å². The Morgan fingerprint density at radius 3 is 2.47 bits per heavy atom. The Hall–Kier alpha value is -0.740. The molecule has 2 aromatic rings. The number of fused-ring (bicyclic) bond motifs is 1. The van der Waals surface area contributed by atoms with Crippen molar-refractivity contribution in [2.75, 3.05) is 18.0 Å². The van der Waals surface area contributed by atoms with Crippen LogP contribution in [0.1, 0.15) is 26.7 Å². The highest BCUT2D eigenvalue weighted by Gasteiger charge is 2.16. The van der Waals surface area contributed by atoms with Gasteiger partial charge in [0.05, 0.1) is 11.2 Å². The molecule has 1 aromatic heterocycles. The van der Waals surface area contributed by atoms with Crippen molar-refractivity contribution >= 4 is 44.3 Å². The Balaban J connectivity index is 2.62. The summed E-state index contributed by atoms with van der Waals surface area (Å²) in [6.07, 6.45) is 2.26. The Labute approximate surface area is 127 Å². The molecule has 0 saturated carbocycles. The number of anilines is 1. The van der Waals surface area contributed by atoms with E-state index in [1.807, 2.05) is 11.6 Å². The minimum Gasteiger partial charge on any atom is -0.370 e. The number of benzene rings is 1. The van der Waals surface area contributed by atoms with Gasteiger partial charge in [-0.25, -0.2) is 4.98 Å². The standard InChI is InChI=1S/C14H19BrClN3/c1-4-8-19(9-5-2)11-7-6-10(15)12-13(11)18(3)14(16)17-12/h6-7H,4-5,8-9H2,1-3H3. The van der Waals surface area contributed by atoms with Gasteiger partial charge in [0.2, 0.25) is 5.28 Å². The Morgan fingerprint density at radius 1 is 1.26 bits per heavy atom. The molecule has 0 amide bonds. The SMILES string of the molecule is CCCN(CCC)c1ccc(Br)c2nc(Cl)n(C)c12. The summed E-state index contributed by atoms with van der Waals surface area (Å²) in [4.78, 5) is 6.84. The lowest BCUT2D eigenvalue weighted by Crippen LogP contribution is -2.25. The van der Waals surface area contributed by atoms with E-state index in [1.54, 1.807) is 0 Å². The lowest BCUT2D eigenvalue weighted by molar-refractivity contribution is 0.745. The third-order valence-corrected chi connectivity index (χ3v) is 4.20. The molecule has 0 aliphatic carbocycles. The van der Waals surface area contributed by atoms with E-state index in [2.05, 4.69) is 51.8 Å². The van der Waals surface area contributed by atoms with Crippen LogP contribution >= 0.6 is 27.5 Å². The summed E-state index contributed by atoms with van der Waals surface area (Å²) in [5, 5.41) is 0.524. The van der Waals surface area contributed by atoms with Crippen LogP contribution in [0, 0.1) is 0 Å². The van der Waals surface area contributed by atoms with Crippen molar-refractivity contribution in [1.82, 2.24) is 9.55 Å². The lowest BCUT2D eigenvalue weighted by Gasteiger charge is -2.25. The minimum atomic E-state index is 0.524. The first-order valence-electron chi connectivity index (χ1n) is 6.65. The summed E-state index contributed by atoms with van der Waals surface area (Å²) < 4.78 is 2.94. The van der Waals surface area contributed by atoms with Crippen molar-refractivity contribution in [1.29, 1.82) is 0 Å². The maximum atomic E-state index is 6.17. The van der Waals surface area contributed by atoms with Crippen molar-refractivity contribution in [2.24, 2.45) is 7.05 Å². The van der Waals surface area contributed by atoms with Crippen molar-refractivity contribution in [3.05, 3.63) is 21.9 Å². The number of hydrogen-bond acceptors (Lipinski definition) is 2. The Kier molecular flexibility index (Phi) is 4.74. The molecule has 0 aliphatic heterocycles. The highest BCUT2D eigenvalue weighted by atomic mass is 79.9. The van der Waals surface area contributed by atoms with Gasteiger partial charge in [0.15, 0.2) is 0 Å². The van der Waals surface area contributed by atoms with Gasteiger partial charge in [-0.1, -0.05) is 13.8 Å². The molecule has 0 fully saturated rings. The predicted octanol–water partition coefficient (Wildman–Crippen LogP) is 4.62. The van der Waals surface area contributed by atoms with Gasteiger partial charge in [0.25, 0.3) is 0 Å². The van der Waals surface area contributed by atoms with E-state index in [1.165, 1.54) is 5.69 Å². The second-order valence-corrected chi connectivity index (χ2v) is 5.88. The monoisotopic (exact) mass is 343 g/mol. The molecule has 0 unspecified atom stereocenters. The smallest absolute Gasteiger partial charge is 0.203 e. The zero-order valence-electron chi connectivity index (χ0n) is 11.6. The van der Waals surface area contributed by atoms with Crippen LogP contribution in [0.15, 0.2) is 16.6 Å². The average Bonchev–Trinajstić information content (AvgIpc) is 2.68. The van der Waals surface area contributed by atoms with Crippen molar-refractivity contribution < 1.29 is 0 Å². The van der Waals surface area contributed by atoms with E-state index >= 15 is 0 Å². The van der Waals surface area contributed by atoms with Crippen LogP contribution in [0.3, 0.4) is 0 Å². The second kappa shape index (κ2) is 6.14. The molecule has 1 heterocycles. The number of rotatable bonds is 5. The van der Waals surface area contributed by atoms with E-state index in [9.17, 15) is 0 Å². The summed E-state index contributed by atoms with van der Waals surface area (Å²) >= 11 is 9.72. The van der Waals surface area contributed by atoms with Gasteiger partial charge in [-0.3, -0.25) is 0 Å². The number of nitrogens with zero attached hydrogens (tertiary/aromatic N) is 3. The molecule has 2 rings (SSSR count). The fraction of sp³-hybridized carbons (Fsp3) is 0.500. The van der Waals surface area contributed by atoms with E-state index in [0.717, 1.165) is 41.4 Å². The molecular formula is C14H19BrClN3. The van der Waals surface area contributed by atoms with Crippen LogP contribution in [-0.4, -0.2) is 22.6 Å². The minimum absolute atomic E-state index is 0.524. The van der Waals surface area contributed by atoms with Gasteiger partial charge in [0.1, 0.15) is 5.52 Å². The zero-order chi connectivity index (χ0) is 14.0. The fourth-order valence-electron chi connectivity index (χ4n) is 2.39. The van der Waals surface area contributed by atoms with Crippen LogP contribution in [0.5, 0.6) is 0 Å². The molecular weight excluding hydrogens is 326 g/mol. The van der Waals surface area contributed by atoms with Gasteiger partial charge in [0, 0.05) is 24.6 Å². The van der Waals surface area contributed by atoms with Crippen molar-refractivity contribution in [2.45, 2.75) is 26.7 Å². The van der Waals surface area contributed by atoms with Gasteiger partial charge in [-0.15, -0.1) is 0 Å². The number of imidazole rings is 1. The molecule has 19 heavy (non-hydrogen) atoms. The van der Waals surface area contributed by atoms with E-state index < -0.39 is 0 Å². The number of aromatic nitrogens is 2. The molecule has 0 atom stereocenters. The molecule has 0 bridgehead atoms. The predicted molar refractivity (Wildman–Crippen MR) is 86.2 cm³/mol. The maximum Gasteiger partial charge on any atom is 0.203 e. The number of aryl methyl sites for hydroxylation is 1. The Morgan fingerprint density at radius 2 is 1.89 bits per heavy atom. The quantitative estimate of drug-likeness (QED) is 0.789. The third-order valence-electron chi connectivity index (χ3n) is 3.22. The first kappa shape index (κ1) is 14.7. The van der Waals surface area contributed by atoms with Crippen molar-refractivity contribution in [3.63, 3.8) is 0 Å². The molecule has 0 spiro atoms. The molecule has 3 nitrogen and oxygen atoms in total. The second-order valence-electron chi connectivity index (χ2n) is 4.69. The summed E-state index contributed by atoms with van der Waals surface area (Å²) in [7, 11) is 1.96. The van der Waals surface area contributed by atoms with Crippen LogP contribution in [0.4, 0.5) is 5.69 Å². The average molecular weight is 345 g/mol. The third kappa shape index (κ3) is 2.75. The van der Waals surface area contributed by atoms with Crippen LogP contribution < -0.4 is 4.90 Å². The van der Waals surface area contributed by atoms with Gasteiger partial charge < -0.3 is 9.47 Å². The Bertz CT molecular complexity index is 574. The molecule has 0 saturated heterocycles. The highest BCUT2D eigenvalue weighted by molar-refractivity contribution is 9.10. The molecule has 104 valence electrons. The van der Waals surface area contributed by atoms with Gasteiger partial charge >= 0.3 is 0 Å². The van der Waals surface area contributed by atoms with Crippen LogP contribution in [0.2, 0.25) is 5.28 Å². The van der Waals surface area contributed by atoms with E-state index in [-0.39, 0.29) is 0 Å². The molecule has 1 aromatic carbocycles. The largest absolute Gasteiger partial charge is 0.370 e. The fourth-order valence-corrected chi connectivity index (χ4v) is 2.97. The number of halogens is 2. The van der Waals surface area contributed by atoms with Gasteiger partial charge in [-0.2, -0.15) is 0 Å². The normalized spacial score (nSPS) is 11.2. The first-order valence-corrected chi connectivity index (χ1v) is 7.82. The molecule has 0 N–H and O–H groups in total. The van der Waals surface area contributed by atoms with E-state index in [4.69, 9.17) is 11.6 Å². The summed E-state index contributed by atoms with van der Waals surface area (Å²) in [5.41, 5.74) is 3.24. The number of hydrogen-bond donors (Lipinski definition) is 0. The first-order chi connectivity index (χ1) is 9.10. The van der Waals surface area contributed by atoms with Crippen LogP contribution in [-0.2, 0) is 7.05 Å². The molecule has 0 radical (unpaired) electrons. The maximum absolute atomic E-state index is 6.17. The lowest BCUT2D eigenvalue weighted by atomic mass is 10.2. The van der Waals surface area contributed by atoms with Crippen molar-refractivity contribution in [3.8, 4) is 0 Å². The summed E-state index contributed by atoms with van der Waals surface area (Å²) in [5.74, 6) is 0. The highest BCUT2D eigenvalue weighted by Crippen LogP contribution is 2.33. The molecule has 0 aliphatic rings. The topological polar surface area (TPSA) is 21.1 Å². The molecule has 5 heteroatoms. The van der Waals surface area contributed by atoms with Crippen LogP contribution in [0.25, 0.3) is 11.0 Å². The summed E-state index contributed by atoms with van der Waals surface area (Å²) in [6, 6.07) is 4.20. The summed E-state index contributed by atoms with van der Waals surface area (Å²) in [6.45, 7) is 6.50. The van der Waals surface area contributed by atoms with Gasteiger partial charge in [-0.05, 0) is 52.5 Å². The zero-order valence-corrected chi connectivity index (χ0v) is 13.9.